The highest BCUT2D eigenvalue weighted by Crippen LogP contribution is 2.38. The van der Waals surface area contributed by atoms with Crippen molar-refractivity contribution in [2.75, 3.05) is 6.54 Å². The lowest BCUT2D eigenvalue weighted by Gasteiger charge is -2.30. The molecule has 0 unspecified atom stereocenters. The summed E-state index contributed by atoms with van der Waals surface area (Å²) in [5.74, 6) is 1.70. The fourth-order valence-electron chi connectivity index (χ4n) is 4.26. The van der Waals surface area contributed by atoms with E-state index < -0.39 is 0 Å². The molecule has 2 heteroatoms. The van der Waals surface area contributed by atoms with Crippen molar-refractivity contribution in [1.29, 1.82) is 0 Å². The van der Waals surface area contributed by atoms with E-state index in [1.54, 1.807) is 0 Å². The average molecular weight is 299 g/mol. The topological polar surface area (TPSA) is 29.1 Å². The first-order valence-corrected chi connectivity index (χ1v) is 9.01. The number of carbonyl (C=O) groups excluding carboxylic acids is 1. The van der Waals surface area contributed by atoms with E-state index in [0.717, 1.165) is 25.3 Å². The highest BCUT2D eigenvalue weighted by molar-refractivity contribution is 5.82. The van der Waals surface area contributed by atoms with Gasteiger partial charge in [-0.1, -0.05) is 50.1 Å². The van der Waals surface area contributed by atoms with Crippen LogP contribution in [0.15, 0.2) is 30.3 Å². The Morgan fingerprint density at radius 3 is 2.36 bits per heavy atom. The summed E-state index contributed by atoms with van der Waals surface area (Å²) in [5, 5.41) is 3.25. The molecule has 2 fully saturated rings. The Morgan fingerprint density at radius 1 is 1.09 bits per heavy atom. The minimum absolute atomic E-state index is 0.0821. The number of amides is 1. The van der Waals surface area contributed by atoms with Gasteiger partial charge in [-0.05, 0) is 55.9 Å². The van der Waals surface area contributed by atoms with Gasteiger partial charge in [-0.15, -0.1) is 0 Å². The maximum absolute atomic E-state index is 12.4. The van der Waals surface area contributed by atoms with E-state index in [2.05, 4.69) is 42.6 Å². The quantitative estimate of drug-likeness (QED) is 0.861. The molecule has 0 spiro atoms. The van der Waals surface area contributed by atoms with Crippen LogP contribution in [0.1, 0.15) is 69.8 Å². The zero-order chi connectivity index (χ0) is 15.4. The molecule has 3 rings (SSSR count). The maximum atomic E-state index is 12.4. The van der Waals surface area contributed by atoms with Crippen molar-refractivity contribution in [1.82, 2.24) is 5.32 Å². The highest BCUT2D eigenvalue weighted by atomic mass is 16.2. The number of rotatable bonds is 4. The molecule has 1 N–H and O–H groups in total. The van der Waals surface area contributed by atoms with Crippen LogP contribution in [0.4, 0.5) is 0 Å². The third-order valence-corrected chi connectivity index (χ3v) is 5.92. The van der Waals surface area contributed by atoms with Crippen molar-refractivity contribution in [2.45, 2.75) is 64.2 Å². The smallest absolute Gasteiger partial charge is 0.225 e. The predicted octanol–water partition coefficient (Wildman–Crippen LogP) is 4.66. The molecule has 2 aliphatic rings. The predicted molar refractivity (Wildman–Crippen MR) is 90.7 cm³/mol. The van der Waals surface area contributed by atoms with E-state index in [1.165, 1.54) is 44.1 Å². The van der Waals surface area contributed by atoms with E-state index in [1.807, 2.05) is 0 Å². The summed E-state index contributed by atoms with van der Waals surface area (Å²) in [4.78, 5) is 12.4. The zero-order valence-electron chi connectivity index (χ0n) is 13.8. The van der Waals surface area contributed by atoms with Crippen LogP contribution in [0.5, 0.6) is 0 Å². The molecule has 0 radical (unpaired) electrons. The zero-order valence-corrected chi connectivity index (χ0v) is 13.8. The van der Waals surface area contributed by atoms with Gasteiger partial charge in [-0.3, -0.25) is 4.79 Å². The Labute approximate surface area is 134 Å². The van der Waals surface area contributed by atoms with Gasteiger partial charge in [-0.25, -0.2) is 0 Å². The summed E-state index contributed by atoms with van der Waals surface area (Å²) in [6.45, 7) is 3.03. The van der Waals surface area contributed by atoms with Crippen LogP contribution in [-0.2, 0) is 4.79 Å². The minimum atomic E-state index is -0.0821. The Balaban J connectivity index is 1.43. The van der Waals surface area contributed by atoms with Gasteiger partial charge in [0, 0.05) is 12.0 Å². The fourth-order valence-corrected chi connectivity index (χ4v) is 4.26. The van der Waals surface area contributed by atoms with Crippen molar-refractivity contribution >= 4 is 5.91 Å². The van der Waals surface area contributed by atoms with Crippen LogP contribution < -0.4 is 5.32 Å². The molecule has 0 saturated heterocycles. The Bertz CT molecular complexity index is 482. The average Bonchev–Trinajstić information content (AvgIpc) is 3.02. The van der Waals surface area contributed by atoms with E-state index in [0.29, 0.717) is 11.8 Å². The summed E-state index contributed by atoms with van der Waals surface area (Å²) in [7, 11) is 0. The Hall–Kier alpha value is -1.31. The summed E-state index contributed by atoms with van der Waals surface area (Å²) < 4.78 is 0. The van der Waals surface area contributed by atoms with E-state index in [-0.39, 0.29) is 5.41 Å². The third-order valence-electron chi connectivity index (χ3n) is 5.92. The lowest BCUT2D eigenvalue weighted by Crippen LogP contribution is -2.40. The monoisotopic (exact) mass is 299 g/mol. The molecule has 22 heavy (non-hydrogen) atoms. The van der Waals surface area contributed by atoms with Gasteiger partial charge >= 0.3 is 0 Å². The van der Waals surface area contributed by atoms with E-state index in [4.69, 9.17) is 0 Å². The van der Waals surface area contributed by atoms with Gasteiger partial charge < -0.3 is 5.32 Å². The van der Waals surface area contributed by atoms with Crippen LogP contribution in [0.25, 0.3) is 0 Å². The largest absolute Gasteiger partial charge is 0.355 e. The lowest BCUT2D eigenvalue weighted by molar-refractivity contribution is -0.130. The van der Waals surface area contributed by atoms with Gasteiger partial charge in [0.1, 0.15) is 0 Å². The molecule has 1 amide bonds. The van der Waals surface area contributed by atoms with Gasteiger partial charge in [0.25, 0.3) is 0 Å². The molecule has 0 heterocycles. The second-order valence-corrected chi connectivity index (χ2v) is 7.61. The minimum Gasteiger partial charge on any atom is -0.355 e. The van der Waals surface area contributed by atoms with Crippen LogP contribution in [0.2, 0.25) is 0 Å². The third kappa shape index (κ3) is 3.53. The van der Waals surface area contributed by atoms with Gasteiger partial charge in [0.05, 0.1) is 0 Å². The lowest BCUT2D eigenvalue weighted by atomic mass is 9.78. The second-order valence-electron chi connectivity index (χ2n) is 7.61. The first-order chi connectivity index (χ1) is 10.7. The molecule has 0 atom stereocenters. The second kappa shape index (κ2) is 6.85. The summed E-state index contributed by atoms with van der Waals surface area (Å²) in [6.07, 6.45) is 9.59. The van der Waals surface area contributed by atoms with Gasteiger partial charge in [0.2, 0.25) is 5.91 Å². The molecule has 0 aliphatic heterocycles. The van der Waals surface area contributed by atoms with Crippen LogP contribution in [-0.4, -0.2) is 12.5 Å². The van der Waals surface area contributed by atoms with Crippen LogP contribution in [0, 0.1) is 11.3 Å². The molecule has 2 saturated carbocycles. The number of nitrogens with one attached hydrogen (secondary N) is 1. The van der Waals surface area contributed by atoms with Gasteiger partial charge in [0.15, 0.2) is 0 Å². The molecule has 1 aromatic rings. The highest BCUT2D eigenvalue weighted by Gasteiger charge is 2.36. The van der Waals surface area contributed by atoms with Crippen molar-refractivity contribution in [3.63, 3.8) is 0 Å². The molecular formula is C20H29NO. The van der Waals surface area contributed by atoms with Crippen molar-refractivity contribution in [3.05, 3.63) is 35.9 Å². The molecule has 0 bridgehead atoms. The summed E-state index contributed by atoms with van der Waals surface area (Å²) in [5.41, 5.74) is 1.41. The van der Waals surface area contributed by atoms with Crippen molar-refractivity contribution < 1.29 is 4.79 Å². The van der Waals surface area contributed by atoms with Crippen LogP contribution in [0.3, 0.4) is 0 Å². The first-order valence-electron chi connectivity index (χ1n) is 9.01. The number of carbonyl (C=O) groups is 1. The number of hydrogen-bond donors (Lipinski definition) is 1. The molecule has 0 aromatic heterocycles. The SMILES string of the molecule is CC1(C(=O)NCC2CCC(c3ccccc3)CC2)CCCC1. The first kappa shape index (κ1) is 15.6. The standard InChI is InChI=1S/C20H29NO/c1-20(13-5-6-14-20)19(22)21-15-16-9-11-18(12-10-16)17-7-3-2-4-8-17/h2-4,7-8,16,18H,5-6,9-15H2,1H3,(H,21,22). The van der Waals surface area contributed by atoms with Crippen molar-refractivity contribution in [3.8, 4) is 0 Å². The maximum Gasteiger partial charge on any atom is 0.225 e. The summed E-state index contributed by atoms with van der Waals surface area (Å²) >= 11 is 0. The van der Waals surface area contributed by atoms with E-state index >= 15 is 0 Å². The van der Waals surface area contributed by atoms with Gasteiger partial charge in [-0.2, -0.15) is 0 Å². The molecule has 1 aromatic carbocycles. The molecular weight excluding hydrogens is 270 g/mol. The summed E-state index contributed by atoms with van der Waals surface area (Å²) in [6, 6.07) is 10.9. The molecule has 2 nitrogen and oxygen atoms in total. The molecule has 2 aliphatic carbocycles. The number of benzene rings is 1. The Morgan fingerprint density at radius 2 is 1.73 bits per heavy atom. The normalized spacial score (nSPS) is 27.5. The molecule has 120 valence electrons. The fraction of sp³-hybridized carbons (Fsp3) is 0.650. The Kier molecular flexibility index (Phi) is 4.85. The van der Waals surface area contributed by atoms with E-state index in [9.17, 15) is 4.79 Å². The van der Waals surface area contributed by atoms with Crippen molar-refractivity contribution in [2.24, 2.45) is 11.3 Å². The number of hydrogen-bond acceptors (Lipinski definition) is 1. The van der Waals surface area contributed by atoms with Crippen LogP contribution >= 0.6 is 0 Å².